The summed E-state index contributed by atoms with van der Waals surface area (Å²) in [7, 11) is 1.63. The molecule has 1 heterocycles. The maximum Gasteiger partial charge on any atom is 0.408 e. The number of benzene rings is 2. The molecule has 3 atom stereocenters. The monoisotopic (exact) mass is 535 g/mol. The van der Waals surface area contributed by atoms with E-state index in [2.05, 4.69) is 33.2 Å². The summed E-state index contributed by atoms with van der Waals surface area (Å²) < 4.78 is 10.5. The zero-order valence-electron chi connectivity index (χ0n) is 22.8. The van der Waals surface area contributed by atoms with Crippen LogP contribution < -0.4 is 26.0 Å². The highest BCUT2D eigenvalue weighted by Crippen LogP contribution is 2.28. The molecule has 0 aliphatic heterocycles. The number of nitrogens with zero attached hydrogens (tertiary/aromatic N) is 1. The van der Waals surface area contributed by atoms with E-state index in [-0.39, 0.29) is 18.6 Å². The van der Waals surface area contributed by atoms with Crippen molar-refractivity contribution in [1.29, 1.82) is 0 Å². The molecule has 0 saturated heterocycles. The molecule has 0 bridgehead atoms. The van der Waals surface area contributed by atoms with Crippen LogP contribution in [0.15, 0.2) is 60.8 Å². The molecular weight excluding hydrogens is 498 g/mol. The van der Waals surface area contributed by atoms with Gasteiger partial charge in [0.2, 0.25) is 11.8 Å². The highest BCUT2D eigenvalue weighted by atomic mass is 16.5. The van der Waals surface area contributed by atoms with Crippen molar-refractivity contribution in [2.24, 2.45) is 0 Å². The first-order valence-electron chi connectivity index (χ1n) is 13.0. The molecule has 3 amide bonds. The second-order valence-electron chi connectivity index (χ2n) is 9.39. The van der Waals surface area contributed by atoms with E-state index in [0.717, 1.165) is 40.7 Å². The SMILES string of the molecule is COc1cc(NC(C)CCCNC(=O)[C@H](C)NC(=O)[C@H](C)NC(=O)OCc2ccccc2)c2ncccc2c1. The predicted molar refractivity (Wildman–Crippen MR) is 150 cm³/mol. The summed E-state index contributed by atoms with van der Waals surface area (Å²) in [5.74, 6) is -0.0286. The maximum atomic E-state index is 12.5. The van der Waals surface area contributed by atoms with Gasteiger partial charge in [-0.05, 0) is 51.3 Å². The Bertz CT molecular complexity index is 1250. The van der Waals surface area contributed by atoms with Crippen molar-refractivity contribution in [3.63, 3.8) is 0 Å². The van der Waals surface area contributed by atoms with Crippen molar-refractivity contribution in [2.45, 2.75) is 58.3 Å². The maximum absolute atomic E-state index is 12.5. The van der Waals surface area contributed by atoms with Crippen LogP contribution in [-0.4, -0.2) is 54.7 Å². The van der Waals surface area contributed by atoms with Crippen molar-refractivity contribution < 1.29 is 23.9 Å². The Morgan fingerprint density at radius 1 is 0.923 bits per heavy atom. The molecule has 10 heteroatoms. The van der Waals surface area contributed by atoms with Gasteiger partial charge in [0, 0.05) is 30.2 Å². The number of anilines is 1. The summed E-state index contributed by atoms with van der Waals surface area (Å²) in [6.45, 7) is 5.75. The van der Waals surface area contributed by atoms with Gasteiger partial charge in [0.05, 0.1) is 18.3 Å². The fraction of sp³-hybridized carbons (Fsp3) is 0.379. The van der Waals surface area contributed by atoms with Crippen LogP contribution in [0.1, 0.15) is 39.2 Å². The third-order valence-electron chi connectivity index (χ3n) is 6.12. The van der Waals surface area contributed by atoms with Crippen molar-refractivity contribution >= 4 is 34.5 Å². The van der Waals surface area contributed by atoms with Crippen molar-refractivity contribution in [3.8, 4) is 5.75 Å². The number of pyridine rings is 1. The molecule has 0 aliphatic rings. The lowest BCUT2D eigenvalue weighted by Gasteiger charge is -2.19. The van der Waals surface area contributed by atoms with Crippen LogP contribution in [0, 0.1) is 0 Å². The Balaban J connectivity index is 1.35. The number of carbonyl (C=O) groups is 3. The van der Waals surface area contributed by atoms with Gasteiger partial charge in [-0.3, -0.25) is 14.6 Å². The van der Waals surface area contributed by atoms with Crippen LogP contribution in [0.25, 0.3) is 10.9 Å². The number of aromatic nitrogens is 1. The molecule has 39 heavy (non-hydrogen) atoms. The summed E-state index contributed by atoms with van der Waals surface area (Å²) in [5.41, 5.74) is 2.60. The van der Waals surface area contributed by atoms with Gasteiger partial charge in [-0.25, -0.2) is 4.79 Å². The smallest absolute Gasteiger partial charge is 0.408 e. The zero-order valence-corrected chi connectivity index (χ0v) is 22.8. The molecule has 0 aliphatic carbocycles. The number of alkyl carbamates (subject to hydrolysis) is 1. The molecule has 0 fully saturated rings. The molecule has 1 unspecified atom stereocenters. The Labute approximate surface area is 228 Å². The second-order valence-corrected chi connectivity index (χ2v) is 9.39. The number of fused-ring (bicyclic) bond motifs is 1. The van der Waals surface area contributed by atoms with Gasteiger partial charge in [0.1, 0.15) is 24.4 Å². The molecule has 1 aromatic heterocycles. The Morgan fingerprint density at radius 3 is 2.41 bits per heavy atom. The lowest BCUT2D eigenvalue weighted by atomic mass is 10.1. The molecule has 10 nitrogen and oxygen atoms in total. The van der Waals surface area contributed by atoms with E-state index in [0.29, 0.717) is 6.54 Å². The average molecular weight is 536 g/mol. The van der Waals surface area contributed by atoms with Gasteiger partial charge in [-0.15, -0.1) is 0 Å². The summed E-state index contributed by atoms with van der Waals surface area (Å²) in [6, 6.07) is 15.5. The molecule has 0 saturated carbocycles. The molecule has 3 aromatic rings. The van der Waals surface area contributed by atoms with Crippen LogP contribution in [0.5, 0.6) is 5.75 Å². The summed E-state index contributed by atoms with van der Waals surface area (Å²) in [6.07, 6.45) is 2.59. The van der Waals surface area contributed by atoms with Crippen LogP contribution in [0.4, 0.5) is 10.5 Å². The fourth-order valence-electron chi connectivity index (χ4n) is 3.91. The van der Waals surface area contributed by atoms with Crippen molar-refractivity contribution in [3.05, 3.63) is 66.4 Å². The quantitative estimate of drug-likeness (QED) is 0.245. The highest BCUT2D eigenvalue weighted by Gasteiger charge is 2.21. The summed E-state index contributed by atoms with van der Waals surface area (Å²) >= 11 is 0. The first-order valence-corrected chi connectivity index (χ1v) is 13.0. The van der Waals surface area contributed by atoms with E-state index in [9.17, 15) is 14.4 Å². The topological polar surface area (TPSA) is 131 Å². The molecule has 3 rings (SSSR count). The van der Waals surface area contributed by atoms with E-state index < -0.39 is 24.1 Å². The number of nitrogens with one attached hydrogen (secondary N) is 4. The molecule has 4 N–H and O–H groups in total. The first kappa shape index (κ1) is 29.2. The summed E-state index contributed by atoms with van der Waals surface area (Å²) in [5, 5.41) is 12.4. The van der Waals surface area contributed by atoms with Crippen LogP contribution >= 0.6 is 0 Å². The van der Waals surface area contributed by atoms with Gasteiger partial charge >= 0.3 is 6.09 Å². The minimum Gasteiger partial charge on any atom is -0.497 e. The number of hydrogen-bond donors (Lipinski definition) is 4. The number of hydrogen-bond acceptors (Lipinski definition) is 7. The fourth-order valence-corrected chi connectivity index (χ4v) is 3.91. The Morgan fingerprint density at radius 2 is 1.67 bits per heavy atom. The Hall–Kier alpha value is -4.34. The van der Waals surface area contributed by atoms with Crippen LogP contribution in [-0.2, 0) is 20.9 Å². The van der Waals surface area contributed by atoms with Crippen molar-refractivity contribution in [2.75, 3.05) is 19.0 Å². The molecule has 2 aromatic carbocycles. The molecule has 208 valence electrons. The Kier molecular flexibility index (Phi) is 10.9. The number of amides is 3. The molecular formula is C29H37N5O5. The normalized spacial score (nSPS) is 13.0. The minimum absolute atomic E-state index is 0.0982. The largest absolute Gasteiger partial charge is 0.497 e. The lowest BCUT2D eigenvalue weighted by molar-refractivity contribution is -0.129. The van der Waals surface area contributed by atoms with Gasteiger partial charge in [-0.1, -0.05) is 36.4 Å². The zero-order chi connectivity index (χ0) is 28.2. The first-order chi connectivity index (χ1) is 18.8. The minimum atomic E-state index is -0.863. The van der Waals surface area contributed by atoms with E-state index >= 15 is 0 Å². The third-order valence-corrected chi connectivity index (χ3v) is 6.12. The number of rotatable bonds is 13. The van der Waals surface area contributed by atoms with E-state index in [1.807, 2.05) is 54.6 Å². The molecule has 0 spiro atoms. The number of carbonyl (C=O) groups excluding carboxylic acids is 3. The van der Waals surface area contributed by atoms with Crippen LogP contribution in [0.3, 0.4) is 0 Å². The van der Waals surface area contributed by atoms with Gasteiger partial charge in [0.15, 0.2) is 0 Å². The third kappa shape index (κ3) is 9.17. The van der Waals surface area contributed by atoms with Gasteiger partial charge in [0.25, 0.3) is 0 Å². The predicted octanol–water partition coefficient (Wildman–Crippen LogP) is 3.76. The summed E-state index contributed by atoms with van der Waals surface area (Å²) in [4.78, 5) is 41.3. The average Bonchev–Trinajstić information content (AvgIpc) is 2.94. The van der Waals surface area contributed by atoms with E-state index in [1.54, 1.807) is 20.2 Å². The second kappa shape index (κ2) is 14.6. The van der Waals surface area contributed by atoms with E-state index in [4.69, 9.17) is 9.47 Å². The van der Waals surface area contributed by atoms with Gasteiger partial charge in [-0.2, -0.15) is 0 Å². The number of ether oxygens (including phenoxy) is 2. The van der Waals surface area contributed by atoms with E-state index in [1.165, 1.54) is 6.92 Å². The number of methoxy groups -OCH3 is 1. The van der Waals surface area contributed by atoms with Crippen molar-refractivity contribution in [1.82, 2.24) is 20.9 Å². The molecule has 0 radical (unpaired) electrons. The van der Waals surface area contributed by atoms with Crippen LogP contribution in [0.2, 0.25) is 0 Å². The highest BCUT2D eigenvalue weighted by molar-refractivity contribution is 5.92. The van der Waals surface area contributed by atoms with Gasteiger partial charge < -0.3 is 30.7 Å². The lowest BCUT2D eigenvalue weighted by Crippen LogP contribution is -2.51. The standard InChI is InChI=1S/C29H37N5O5/c1-19(32-25-17-24(38-4)16-23-13-9-14-30-26(23)25)10-8-15-31-27(35)20(2)33-28(36)21(3)34-29(37)39-18-22-11-6-5-7-12-22/h5-7,9,11-14,16-17,19-21,32H,8,10,15,18H2,1-4H3,(H,31,35)(H,33,36)(H,34,37)/t19?,20-,21-/m0/s1.